The topological polar surface area (TPSA) is 81.6 Å². The van der Waals surface area contributed by atoms with Crippen molar-refractivity contribution in [1.29, 1.82) is 0 Å². The second kappa shape index (κ2) is 7.01. The van der Waals surface area contributed by atoms with Gasteiger partial charge < -0.3 is 4.52 Å². The highest BCUT2D eigenvalue weighted by molar-refractivity contribution is 7.49. The van der Waals surface area contributed by atoms with Gasteiger partial charge in [0.2, 0.25) is 0 Å². The van der Waals surface area contributed by atoms with Crippen molar-refractivity contribution in [2.45, 2.75) is 12.5 Å². The molecule has 0 aliphatic carbocycles. The average Bonchev–Trinajstić information content (AvgIpc) is 2.55. The summed E-state index contributed by atoms with van der Waals surface area (Å²) in [5.41, 5.74) is 2.40. The highest BCUT2D eigenvalue weighted by atomic mass is 35.5. The predicted molar refractivity (Wildman–Crippen MR) is 83.9 cm³/mol. The Labute approximate surface area is 138 Å². The first-order valence-electron chi connectivity index (χ1n) is 7.03. The van der Waals surface area contributed by atoms with Crippen LogP contribution in [-0.4, -0.2) is 11.8 Å². The van der Waals surface area contributed by atoms with Crippen molar-refractivity contribution in [3.8, 4) is 5.75 Å². The van der Waals surface area contributed by atoms with Gasteiger partial charge in [0.15, 0.2) is 5.69 Å². The van der Waals surface area contributed by atoms with Crippen molar-refractivity contribution in [3.63, 3.8) is 0 Å². The number of phosphoric acid groups is 1. The molecule has 1 saturated heterocycles. The van der Waals surface area contributed by atoms with E-state index in [0.717, 1.165) is 11.0 Å². The Hall–Kier alpha value is -1.40. The molecule has 0 unspecified atom stereocenters. The molecule has 0 amide bonds. The molecule has 3 rings (SSSR count). The van der Waals surface area contributed by atoms with Crippen molar-refractivity contribution < 1.29 is 28.8 Å². The first kappa shape index (κ1) is 16.5. The fourth-order valence-corrected chi connectivity index (χ4v) is 3.84. The third kappa shape index (κ3) is 4.12. The first-order valence-corrected chi connectivity index (χ1v) is 8.87. The molecular formula is C15H16ClNO5P+. The molecule has 122 valence electrons. The predicted octanol–water partition coefficient (Wildman–Crippen LogP) is 3.59. The molecule has 23 heavy (non-hydrogen) atoms. The van der Waals surface area contributed by atoms with Crippen LogP contribution in [0.2, 0.25) is 5.02 Å². The minimum Gasteiger partial charge on any atom is -0.404 e. The summed E-state index contributed by atoms with van der Waals surface area (Å²) >= 11 is 5.98. The van der Waals surface area contributed by atoms with Gasteiger partial charge in [-0.3, -0.25) is 9.05 Å². The molecule has 0 bridgehead atoms. The molecule has 6 nitrogen and oxygen atoms in total. The zero-order chi connectivity index (χ0) is 16.3. The molecule has 0 saturated carbocycles. The van der Waals surface area contributed by atoms with E-state index in [4.69, 9.17) is 30.4 Å². The van der Waals surface area contributed by atoms with Crippen molar-refractivity contribution in [2.75, 3.05) is 6.61 Å². The summed E-state index contributed by atoms with van der Waals surface area (Å²) in [5, 5.41) is 9.49. The van der Waals surface area contributed by atoms with Gasteiger partial charge in [-0.25, -0.2) is 9.77 Å². The van der Waals surface area contributed by atoms with E-state index in [9.17, 15) is 4.57 Å². The van der Waals surface area contributed by atoms with Crippen molar-refractivity contribution >= 4 is 25.1 Å². The number of hydrogen-bond acceptors (Lipinski definition) is 5. The zero-order valence-electron chi connectivity index (χ0n) is 12.1. The lowest BCUT2D eigenvalue weighted by Crippen LogP contribution is -2.73. The maximum absolute atomic E-state index is 12.7. The van der Waals surface area contributed by atoms with E-state index in [0.29, 0.717) is 22.9 Å². The Morgan fingerprint density at radius 1 is 1.26 bits per heavy atom. The Bertz CT molecular complexity index is 724. The van der Waals surface area contributed by atoms with E-state index in [1.165, 1.54) is 0 Å². The number of rotatable bonds is 4. The highest BCUT2D eigenvalue weighted by Gasteiger charge is 2.37. The minimum absolute atomic E-state index is 0.261. The molecule has 0 radical (unpaired) electrons. The molecule has 2 aromatic carbocycles. The van der Waals surface area contributed by atoms with Crippen LogP contribution in [0.4, 0.5) is 5.69 Å². The molecule has 2 atom stereocenters. The molecular weight excluding hydrogens is 341 g/mol. The minimum atomic E-state index is -3.71. The Balaban J connectivity index is 1.74. The summed E-state index contributed by atoms with van der Waals surface area (Å²) in [5.74, 6) is 0.339. The van der Waals surface area contributed by atoms with E-state index in [2.05, 4.69) is 0 Å². The maximum atomic E-state index is 12.7. The van der Waals surface area contributed by atoms with Crippen molar-refractivity contribution in [1.82, 2.24) is 0 Å². The molecule has 1 heterocycles. The van der Waals surface area contributed by atoms with Gasteiger partial charge in [-0.2, -0.15) is 5.48 Å². The zero-order valence-corrected chi connectivity index (χ0v) is 13.7. The van der Waals surface area contributed by atoms with Crippen LogP contribution >= 0.6 is 19.4 Å². The van der Waals surface area contributed by atoms with Crippen molar-refractivity contribution in [3.05, 3.63) is 59.1 Å². The van der Waals surface area contributed by atoms with Gasteiger partial charge in [0, 0.05) is 23.6 Å². The van der Waals surface area contributed by atoms with E-state index in [1.807, 2.05) is 12.1 Å². The standard InChI is InChI=1S/C15H15ClNO5P/c16-12-3-1-2-11(10-12)15-8-9-20-23(19,22-15)21-14-6-4-13(17-18)5-7-14/h1-7,10,15,17-18H,8-9H2/p+1/t15-,23-/m0/s1. The van der Waals surface area contributed by atoms with Gasteiger partial charge in [-0.1, -0.05) is 23.7 Å². The highest BCUT2D eigenvalue weighted by Crippen LogP contribution is 2.56. The lowest BCUT2D eigenvalue weighted by Gasteiger charge is -2.29. The van der Waals surface area contributed by atoms with Crippen LogP contribution in [0.3, 0.4) is 0 Å². The lowest BCUT2D eigenvalue weighted by atomic mass is 10.1. The molecule has 1 fully saturated rings. The second-order valence-electron chi connectivity index (χ2n) is 5.01. The normalized spacial score (nSPS) is 24.3. The van der Waals surface area contributed by atoms with Gasteiger partial charge in [0.05, 0.1) is 12.7 Å². The SMILES string of the molecule is O=[P@@]1(Oc2ccc([NH2+]O)cc2)OCC[C@@H](c2cccc(Cl)c2)O1. The summed E-state index contributed by atoms with van der Waals surface area (Å²) in [6, 6.07) is 13.6. The molecule has 1 aliphatic rings. The van der Waals surface area contributed by atoms with Gasteiger partial charge >= 0.3 is 7.82 Å². The largest absolute Gasteiger partial charge is 0.530 e. The third-order valence-corrected chi connectivity index (χ3v) is 5.03. The van der Waals surface area contributed by atoms with Crippen LogP contribution in [0.1, 0.15) is 18.1 Å². The quantitative estimate of drug-likeness (QED) is 0.497. The molecule has 0 aromatic heterocycles. The Kier molecular flexibility index (Phi) is 5.02. The summed E-state index contributed by atoms with van der Waals surface area (Å²) < 4.78 is 28.9. The molecule has 8 heteroatoms. The Morgan fingerprint density at radius 3 is 2.74 bits per heavy atom. The van der Waals surface area contributed by atoms with Crippen LogP contribution in [-0.2, 0) is 13.6 Å². The third-order valence-electron chi connectivity index (χ3n) is 3.35. The van der Waals surface area contributed by atoms with E-state index in [1.54, 1.807) is 36.4 Å². The van der Waals surface area contributed by atoms with E-state index < -0.39 is 13.9 Å². The van der Waals surface area contributed by atoms with E-state index >= 15 is 0 Å². The molecule has 2 aromatic rings. The monoisotopic (exact) mass is 356 g/mol. The first-order chi connectivity index (χ1) is 11.1. The number of halogens is 1. The number of benzene rings is 2. The van der Waals surface area contributed by atoms with Gasteiger partial charge in [0.1, 0.15) is 5.75 Å². The maximum Gasteiger partial charge on any atom is 0.530 e. The number of phosphoric ester groups is 1. The van der Waals surface area contributed by atoms with Gasteiger partial charge in [0.25, 0.3) is 0 Å². The number of nitrogens with two attached hydrogens (primary N) is 1. The fourth-order valence-electron chi connectivity index (χ4n) is 2.24. The van der Waals surface area contributed by atoms with Crippen LogP contribution in [0.25, 0.3) is 0 Å². The van der Waals surface area contributed by atoms with Crippen molar-refractivity contribution in [2.24, 2.45) is 0 Å². The molecule has 3 N–H and O–H groups in total. The summed E-state index contributed by atoms with van der Waals surface area (Å²) in [4.78, 5) is 0. The smallest absolute Gasteiger partial charge is 0.404 e. The Morgan fingerprint density at radius 2 is 2.04 bits per heavy atom. The fraction of sp³-hybridized carbons (Fsp3) is 0.200. The van der Waals surface area contributed by atoms with E-state index in [-0.39, 0.29) is 6.61 Å². The molecule has 1 aliphatic heterocycles. The summed E-state index contributed by atoms with van der Waals surface area (Å²) in [6.45, 7) is 0.261. The van der Waals surface area contributed by atoms with Crippen LogP contribution in [0.5, 0.6) is 5.75 Å². The molecule has 0 spiro atoms. The summed E-state index contributed by atoms with van der Waals surface area (Å²) in [6.07, 6.45) is 0.157. The lowest BCUT2D eigenvalue weighted by molar-refractivity contribution is -0.825. The number of hydrogen-bond donors (Lipinski definition) is 2. The van der Waals surface area contributed by atoms with Crippen LogP contribution in [0.15, 0.2) is 48.5 Å². The number of quaternary nitrogens is 1. The van der Waals surface area contributed by atoms with Gasteiger partial charge in [-0.15, -0.1) is 0 Å². The summed E-state index contributed by atoms with van der Waals surface area (Å²) in [7, 11) is -3.71. The van der Waals surface area contributed by atoms with Gasteiger partial charge in [-0.05, 0) is 29.8 Å². The second-order valence-corrected chi connectivity index (χ2v) is 6.99. The van der Waals surface area contributed by atoms with Crippen LogP contribution in [0, 0.1) is 0 Å². The average molecular weight is 357 g/mol. The van der Waals surface area contributed by atoms with Crippen LogP contribution < -0.4 is 10.0 Å².